The van der Waals surface area contributed by atoms with E-state index in [0.29, 0.717) is 12.2 Å². The van der Waals surface area contributed by atoms with E-state index in [1.807, 2.05) is 12.1 Å². The van der Waals surface area contributed by atoms with Gasteiger partial charge >= 0.3 is 0 Å². The molecule has 2 nitrogen and oxygen atoms in total. The van der Waals surface area contributed by atoms with Crippen LogP contribution >= 0.6 is 11.8 Å². The van der Waals surface area contributed by atoms with Crippen molar-refractivity contribution in [3.8, 4) is 0 Å². The van der Waals surface area contributed by atoms with Crippen LogP contribution in [0.15, 0.2) is 24.5 Å². The van der Waals surface area contributed by atoms with Gasteiger partial charge in [0.15, 0.2) is 0 Å². The Morgan fingerprint density at radius 3 is 2.47 bits per heavy atom. The fourth-order valence-electron chi connectivity index (χ4n) is 1.08. The number of nitrogens with zero attached hydrogens (tertiary/aromatic N) is 1. The molecule has 0 unspecified atom stereocenters. The van der Waals surface area contributed by atoms with E-state index in [1.165, 1.54) is 0 Å². The first-order valence-corrected chi connectivity index (χ1v) is 6.00. The second kappa shape index (κ2) is 5.31. The summed E-state index contributed by atoms with van der Waals surface area (Å²) < 4.78 is 0.161. The van der Waals surface area contributed by atoms with Gasteiger partial charge in [-0.1, -0.05) is 20.8 Å². The summed E-state index contributed by atoms with van der Waals surface area (Å²) in [5, 5.41) is 0. The number of aromatic nitrogens is 1. The van der Waals surface area contributed by atoms with Crippen molar-refractivity contribution in [2.24, 2.45) is 0 Å². The molecule has 1 aromatic rings. The van der Waals surface area contributed by atoms with Crippen molar-refractivity contribution in [2.75, 3.05) is 5.75 Å². The van der Waals surface area contributed by atoms with E-state index < -0.39 is 0 Å². The normalized spacial score (nSPS) is 11.4. The lowest BCUT2D eigenvalue weighted by atomic mass is 10.1. The van der Waals surface area contributed by atoms with Crippen molar-refractivity contribution in [3.63, 3.8) is 0 Å². The highest BCUT2D eigenvalue weighted by Gasteiger charge is 2.13. The van der Waals surface area contributed by atoms with Crippen LogP contribution < -0.4 is 0 Å². The Labute approximate surface area is 95.5 Å². The predicted molar refractivity (Wildman–Crippen MR) is 65.2 cm³/mol. The summed E-state index contributed by atoms with van der Waals surface area (Å²) in [5.74, 6) is 0.868. The highest BCUT2D eigenvalue weighted by molar-refractivity contribution is 8.01. The Balaban J connectivity index is 2.38. The van der Waals surface area contributed by atoms with Crippen LogP contribution in [-0.2, 0) is 11.2 Å². The maximum atomic E-state index is 11.6. The van der Waals surface area contributed by atoms with Gasteiger partial charge in [0, 0.05) is 23.6 Å². The van der Waals surface area contributed by atoms with E-state index in [-0.39, 0.29) is 10.5 Å². The van der Waals surface area contributed by atoms with Crippen molar-refractivity contribution in [2.45, 2.75) is 31.9 Å². The molecule has 0 atom stereocenters. The second-order valence-corrected chi connectivity index (χ2v) is 6.27. The third kappa shape index (κ3) is 5.57. The van der Waals surface area contributed by atoms with Crippen LogP contribution in [0.2, 0.25) is 0 Å². The molecule has 1 aromatic heterocycles. The molecule has 0 saturated heterocycles. The molecule has 0 saturated carbocycles. The molecule has 0 spiro atoms. The topological polar surface area (TPSA) is 30.0 Å². The Morgan fingerprint density at radius 1 is 1.33 bits per heavy atom. The SMILES string of the molecule is CC(C)(C)SCC(=O)Cc1ccncc1. The molecular formula is C12H17NOS. The Morgan fingerprint density at radius 2 is 1.93 bits per heavy atom. The zero-order valence-electron chi connectivity index (χ0n) is 9.49. The van der Waals surface area contributed by atoms with Crippen LogP contribution in [0, 0.1) is 0 Å². The van der Waals surface area contributed by atoms with Gasteiger partial charge in [-0.2, -0.15) is 0 Å². The van der Waals surface area contributed by atoms with E-state index in [1.54, 1.807) is 24.2 Å². The Hall–Kier alpha value is -0.830. The minimum absolute atomic E-state index is 0.161. The largest absolute Gasteiger partial charge is 0.298 e. The molecule has 0 amide bonds. The van der Waals surface area contributed by atoms with Gasteiger partial charge in [-0.15, -0.1) is 11.8 Å². The maximum Gasteiger partial charge on any atom is 0.147 e. The van der Waals surface area contributed by atoms with Crippen molar-refractivity contribution >= 4 is 17.5 Å². The first kappa shape index (κ1) is 12.2. The van der Waals surface area contributed by atoms with Gasteiger partial charge in [0.1, 0.15) is 5.78 Å². The van der Waals surface area contributed by atoms with Gasteiger partial charge in [-0.25, -0.2) is 0 Å². The van der Waals surface area contributed by atoms with E-state index in [9.17, 15) is 4.79 Å². The summed E-state index contributed by atoms with van der Waals surface area (Å²) in [4.78, 5) is 15.5. The molecule has 3 heteroatoms. The molecule has 0 fully saturated rings. The molecule has 1 rings (SSSR count). The van der Waals surface area contributed by atoms with Crippen molar-refractivity contribution in [1.29, 1.82) is 0 Å². The Kier molecular flexibility index (Phi) is 4.33. The molecule has 0 radical (unpaired) electrons. The number of ketones is 1. The second-order valence-electron chi connectivity index (χ2n) is 4.47. The monoisotopic (exact) mass is 223 g/mol. The van der Waals surface area contributed by atoms with Gasteiger partial charge in [0.05, 0.1) is 5.75 Å². The number of rotatable bonds is 4. The summed E-state index contributed by atoms with van der Waals surface area (Å²) in [6.45, 7) is 6.37. The summed E-state index contributed by atoms with van der Waals surface area (Å²) in [6.07, 6.45) is 3.96. The molecule has 0 N–H and O–H groups in total. The van der Waals surface area contributed by atoms with Gasteiger partial charge < -0.3 is 0 Å². The number of Topliss-reactive ketones (excluding diaryl/α,β-unsaturated/α-hetero) is 1. The van der Waals surface area contributed by atoms with Gasteiger partial charge in [0.2, 0.25) is 0 Å². The van der Waals surface area contributed by atoms with Crippen LogP contribution in [0.4, 0.5) is 0 Å². The third-order valence-corrected chi connectivity index (χ3v) is 3.15. The lowest BCUT2D eigenvalue weighted by Crippen LogP contribution is -2.14. The van der Waals surface area contributed by atoms with E-state index in [4.69, 9.17) is 0 Å². The van der Waals surface area contributed by atoms with Gasteiger partial charge in [-0.05, 0) is 17.7 Å². The fraction of sp³-hybridized carbons (Fsp3) is 0.500. The molecular weight excluding hydrogens is 206 g/mol. The van der Waals surface area contributed by atoms with Crippen molar-refractivity contribution in [3.05, 3.63) is 30.1 Å². The molecule has 0 bridgehead atoms. The standard InChI is InChI=1S/C12H17NOS/c1-12(2,3)15-9-11(14)8-10-4-6-13-7-5-10/h4-7H,8-9H2,1-3H3. The molecule has 0 aromatic carbocycles. The zero-order chi connectivity index (χ0) is 11.3. The predicted octanol–water partition coefficient (Wildman–Crippen LogP) is 2.72. The molecule has 0 aliphatic carbocycles. The van der Waals surface area contributed by atoms with Crippen LogP contribution in [0.1, 0.15) is 26.3 Å². The number of carbonyl (C=O) groups excluding carboxylic acids is 1. The molecule has 15 heavy (non-hydrogen) atoms. The fourth-order valence-corrected chi connectivity index (χ4v) is 1.77. The summed E-state index contributed by atoms with van der Waals surface area (Å²) in [5.41, 5.74) is 1.05. The average molecular weight is 223 g/mol. The first-order valence-electron chi connectivity index (χ1n) is 5.02. The minimum atomic E-state index is 0.161. The van der Waals surface area contributed by atoms with E-state index in [2.05, 4.69) is 25.8 Å². The molecule has 0 aliphatic heterocycles. The summed E-state index contributed by atoms with van der Waals surface area (Å²) >= 11 is 1.70. The number of hydrogen-bond donors (Lipinski definition) is 0. The van der Waals surface area contributed by atoms with Crippen LogP contribution in [-0.4, -0.2) is 21.3 Å². The maximum absolute atomic E-state index is 11.6. The highest BCUT2D eigenvalue weighted by Crippen LogP contribution is 2.23. The molecule has 82 valence electrons. The Bertz CT molecular complexity index is 316. The number of pyridine rings is 1. The van der Waals surface area contributed by atoms with Crippen LogP contribution in [0.25, 0.3) is 0 Å². The average Bonchev–Trinajstić information content (AvgIpc) is 2.15. The number of thioether (sulfide) groups is 1. The van der Waals surface area contributed by atoms with Gasteiger partial charge in [0.25, 0.3) is 0 Å². The molecule has 0 aliphatic rings. The first-order chi connectivity index (χ1) is 6.97. The van der Waals surface area contributed by atoms with Gasteiger partial charge in [-0.3, -0.25) is 9.78 Å². The van der Waals surface area contributed by atoms with Crippen LogP contribution in [0.5, 0.6) is 0 Å². The van der Waals surface area contributed by atoms with E-state index >= 15 is 0 Å². The number of hydrogen-bond acceptors (Lipinski definition) is 3. The number of carbonyl (C=O) groups is 1. The smallest absolute Gasteiger partial charge is 0.147 e. The lowest BCUT2D eigenvalue weighted by molar-refractivity contribution is -0.116. The third-order valence-electron chi connectivity index (χ3n) is 1.82. The minimum Gasteiger partial charge on any atom is -0.298 e. The lowest BCUT2D eigenvalue weighted by Gasteiger charge is -2.16. The van der Waals surface area contributed by atoms with Crippen molar-refractivity contribution < 1.29 is 4.79 Å². The zero-order valence-corrected chi connectivity index (χ0v) is 10.3. The quantitative estimate of drug-likeness (QED) is 0.786. The van der Waals surface area contributed by atoms with Crippen LogP contribution in [0.3, 0.4) is 0 Å². The van der Waals surface area contributed by atoms with Crippen molar-refractivity contribution in [1.82, 2.24) is 4.98 Å². The summed E-state index contributed by atoms with van der Waals surface area (Å²) in [6, 6.07) is 3.78. The molecule has 1 heterocycles. The highest BCUT2D eigenvalue weighted by atomic mass is 32.2. The van der Waals surface area contributed by atoms with E-state index in [0.717, 1.165) is 5.56 Å². The summed E-state index contributed by atoms with van der Waals surface area (Å²) in [7, 11) is 0.